The molecule has 0 aliphatic carbocycles. The van der Waals surface area contributed by atoms with E-state index >= 15 is 0 Å². The van der Waals surface area contributed by atoms with Gasteiger partial charge < -0.3 is 28.7 Å². The fourth-order valence-corrected chi connectivity index (χ4v) is 4.82. The van der Waals surface area contributed by atoms with Gasteiger partial charge in [0.25, 0.3) is 5.91 Å². The maximum atomic E-state index is 13.6. The van der Waals surface area contributed by atoms with Crippen LogP contribution >= 0.6 is 11.3 Å². The monoisotopic (exact) mass is 506 g/mol. The Morgan fingerprint density at radius 1 is 1.03 bits per heavy atom. The zero-order chi connectivity index (χ0) is 25.2. The third kappa shape index (κ3) is 4.47. The number of amides is 1. The fourth-order valence-electron chi connectivity index (χ4n) is 4.23. The minimum absolute atomic E-state index is 0.113. The molecule has 2 aromatic carbocycles. The molecule has 0 saturated carbocycles. The van der Waals surface area contributed by atoms with Crippen LogP contribution in [-0.4, -0.2) is 55.9 Å². The summed E-state index contributed by atoms with van der Waals surface area (Å²) >= 11 is 1.32. The van der Waals surface area contributed by atoms with E-state index in [-0.39, 0.29) is 12.7 Å². The van der Waals surface area contributed by atoms with Gasteiger partial charge in [0.15, 0.2) is 11.5 Å². The van der Waals surface area contributed by atoms with Crippen molar-refractivity contribution in [1.29, 1.82) is 0 Å². The van der Waals surface area contributed by atoms with Gasteiger partial charge in [-0.05, 0) is 35.9 Å². The van der Waals surface area contributed by atoms with Crippen LogP contribution in [0.25, 0.3) is 10.9 Å². The lowest BCUT2D eigenvalue weighted by Crippen LogP contribution is -2.30. The Morgan fingerprint density at radius 2 is 1.81 bits per heavy atom. The summed E-state index contributed by atoms with van der Waals surface area (Å²) in [5.41, 5.74) is 4.15. The molecule has 5 rings (SSSR count). The van der Waals surface area contributed by atoms with Crippen LogP contribution in [0.15, 0.2) is 48.1 Å². The second kappa shape index (κ2) is 9.90. The predicted molar refractivity (Wildman–Crippen MR) is 137 cm³/mol. The number of ether oxygens (including phenoxy) is 4. The average Bonchev–Trinajstić information content (AvgIpc) is 3.59. The number of hydrogen-bond donors (Lipinski definition) is 0. The number of thiazole rings is 1. The van der Waals surface area contributed by atoms with Gasteiger partial charge in [-0.3, -0.25) is 9.78 Å². The molecule has 1 aliphatic rings. The number of hydrogen-bond acceptors (Lipinski definition) is 9. The summed E-state index contributed by atoms with van der Waals surface area (Å²) in [6, 6.07) is 11.4. The highest BCUT2D eigenvalue weighted by molar-refractivity contribution is 7.11. The van der Waals surface area contributed by atoms with Gasteiger partial charge >= 0.3 is 0 Å². The lowest BCUT2D eigenvalue weighted by Gasteiger charge is -2.26. The molecule has 2 aromatic heterocycles. The minimum Gasteiger partial charge on any atom is -0.496 e. The van der Waals surface area contributed by atoms with Crippen molar-refractivity contribution in [3.63, 3.8) is 0 Å². The number of nitrogens with zero attached hydrogens (tertiary/aromatic N) is 4. The average molecular weight is 507 g/mol. The largest absolute Gasteiger partial charge is 0.496 e. The van der Waals surface area contributed by atoms with E-state index in [0.29, 0.717) is 46.5 Å². The summed E-state index contributed by atoms with van der Waals surface area (Å²) in [4.78, 5) is 26.9. The topological polar surface area (TPSA) is 86.3 Å². The van der Waals surface area contributed by atoms with Gasteiger partial charge in [-0.1, -0.05) is 6.07 Å². The van der Waals surface area contributed by atoms with E-state index in [1.54, 1.807) is 30.8 Å². The first-order chi connectivity index (χ1) is 17.5. The molecule has 186 valence electrons. The van der Waals surface area contributed by atoms with Gasteiger partial charge in [-0.2, -0.15) is 0 Å². The number of benzene rings is 2. The molecule has 0 fully saturated rings. The SMILES string of the molecule is COc1ccc(OC)c2nc(N(C)C)c(CN(Cc3ccc4c(c3)OCO4)C(=O)c3cncs3)cc12. The third-order valence-electron chi connectivity index (χ3n) is 5.93. The molecular weight excluding hydrogens is 480 g/mol. The molecule has 1 aliphatic heterocycles. The van der Waals surface area contributed by atoms with Crippen molar-refractivity contribution in [2.24, 2.45) is 0 Å². The second-order valence-electron chi connectivity index (χ2n) is 8.45. The predicted octanol–water partition coefficient (Wildman–Crippen LogP) is 4.35. The Morgan fingerprint density at radius 3 is 2.53 bits per heavy atom. The van der Waals surface area contributed by atoms with Gasteiger partial charge in [0.05, 0.1) is 32.5 Å². The first kappa shape index (κ1) is 23.7. The maximum Gasteiger partial charge on any atom is 0.266 e. The summed E-state index contributed by atoms with van der Waals surface area (Å²) in [5, 5.41) is 0.811. The van der Waals surface area contributed by atoms with Crippen molar-refractivity contribution >= 4 is 34.0 Å². The van der Waals surface area contributed by atoms with Crippen LogP contribution in [0.2, 0.25) is 0 Å². The van der Waals surface area contributed by atoms with Crippen molar-refractivity contribution < 1.29 is 23.7 Å². The number of aromatic nitrogens is 2. The van der Waals surface area contributed by atoms with Crippen LogP contribution in [0.5, 0.6) is 23.0 Å². The lowest BCUT2D eigenvalue weighted by atomic mass is 10.1. The van der Waals surface area contributed by atoms with E-state index in [4.69, 9.17) is 23.9 Å². The first-order valence-electron chi connectivity index (χ1n) is 11.3. The fraction of sp³-hybridized carbons (Fsp3) is 0.269. The van der Waals surface area contributed by atoms with Crippen molar-refractivity contribution in [2.45, 2.75) is 13.1 Å². The van der Waals surface area contributed by atoms with Crippen LogP contribution in [0, 0.1) is 0 Å². The van der Waals surface area contributed by atoms with Crippen LogP contribution < -0.4 is 23.8 Å². The molecule has 0 bridgehead atoms. The standard InChI is InChI=1S/C26H26N4O5S/c1-29(2)25-17(10-18-19(32-3)7-8-21(33-4)24(18)28-25)13-30(26(31)23-11-27-14-36-23)12-16-5-6-20-22(9-16)35-15-34-20/h5-11,14H,12-13,15H2,1-4H3. The van der Waals surface area contributed by atoms with E-state index in [1.165, 1.54) is 11.3 Å². The Hall–Kier alpha value is -4.05. The number of rotatable bonds is 8. The summed E-state index contributed by atoms with van der Waals surface area (Å²) in [6.07, 6.45) is 1.60. The normalized spacial score (nSPS) is 12.0. The molecule has 0 unspecified atom stereocenters. The molecule has 0 atom stereocenters. The Labute approximate surface area is 212 Å². The number of pyridine rings is 1. The highest BCUT2D eigenvalue weighted by Crippen LogP contribution is 2.36. The van der Waals surface area contributed by atoms with Crippen molar-refractivity contribution in [1.82, 2.24) is 14.9 Å². The molecular formula is C26H26N4O5S. The molecule has 0 spiro atoms. The summed E-state index contributed by atoms with van der Waals surface area (Å²) in [6.45, 7) is 0.887. The maximum absolute atomic E-state index is 13.6. The summed E-state index contributed by atoms with van der Waals surface area (Å²) in [5.74, 6) is 3.34. The Kier molecular flexibility index (Phi) is 6.51. The zero-order valence-electron chi connectivity index (χ0n) is 20.5. The van der Waals surface area contributed by atoms with E-state index in [9.17, 15) is 4.79 Å². The number of fused-ring (bicyclic) bond motifs is 2. The second-order valence-corrected chi connectivity index (χ2v) is 9.33. The molecule has 0 radical (unpaired) electrons. The number of anilines is 1. The van der Waals surface area contributed by atoms with Crippen LogP contribution in [-0.2, 0) is 13.1 Å². The van der Waals surface area contributed by atoms with Gasteiger partial charge in [-0.15, -0.1) is 11.3 Å². The molecule has 0 saturated heterocycles. The Bertz CT molecular complexity index is 1410. The van der Waals surface area contributed by atoms with Crippen molar-refractivity contribution in [3.05, 3.63) is 64.1 Å². The highest BCUT2D eigenvalue weighted by Gasteiger charge is 2.23. The number of carbonyl (C=O) groups is 1. The molecule has 9 nitrogen and oxygen atoms in total. The van der Waals surface area contributed by atoms with Crippen molar-refractivity contribution in [2.75, 3.05) is 40.0 Å². The van der Waals surface area contributed by atoms with E-state index in [0.717, 1.165) is 22.3 Å². The van der Waals surface area contributed by atoms with Gasteiger partial charge in [0.2, 0.25) is 6.79 Å². The highest BCUT2D eigenvalue weighted by atomic mass is 32.1. The smallest absolute Gasteiger partial charge is 0.266 e. The number of methoxy groups -OCH3 is 2. The molecule has 10 heteroatoms. The molecule has 36 heavy (non-hydrogen) atoms. The van der Waals surface area contributed by atoms with Gasteiger partial charge in [-0.25, -0.2) is 4.98 Å². The molecule has 0 N–H and O–H groups in total. The van der Waals surface area contributed by atoms with Crippen LogP contribution in [0.1, 0.15) is 20.8 Å². The Balaban J connectivity index is 1.58. The van der Waals surface area contributed by atoms with Gasteiger partial charge in [0, 0.05) is 31.6 Å². The lowest BCUT2D eigenvalue weighted by molar-refractivity contribution is 0.0734. The molecule has 1 amide bonds. The van der Waals surface area contributed by atoms with Crippen LogP contribution in [0.4, 0.5) is 5.82 Å². The third-order valence-corrected chi connectivity index (χ3v) is 6.69. The summed E-state index contributed by atoms with van der Waals surface area (Å²) < 4.78 is 22.1. The van der Waals surface area contributed by atoms with E-state index in [1.807, 2.05) is 55.4 Å². The molecule has 3 heterocycles. The first-order valence-corrected chi connectivity index (χ1v) is 12.1. The number of carbonyl (C=O) groups excluding carboxylic acids is 1. The van der Waals surface area contributed by atoms with E-state index in [2.05, 4.69) is 4.98 Å². The van der Waals surface area contributed by atoms with E-state index < -0.39 is 0 Å². The minimum atomic E-state index is -0.113. The zero-order valence-corrected chi connectivity index (χ0v) is 21.3. The summed E-state index contributed by atoms with van der Waals surface area (Å²) in [7, 11) is 7.10. The molecule has 4 aromatic rings. The van der Waals surface area contributed by atoms with Gasteiger partial charge in [0.1, 0.15) is 27.7 Å². The van der Waals surface area contributed by atoms with Crippen LogP contribution in [0.3, 0.4) is 0 Å². The van der Waals surface area contributed by atoms with Crippen molar-refractivity contribution in [3.8, 4) is 23.0 Å². The quantitative estimate of drug-likeness (QED) is 0.349.